The molecule has 0 saturated heterocycles. The van der Waals surface area contributed by atoms with E-state index in [0.29, 0.717) is 17.9 Å². The van der Waals surface area contributed by atoms with Crippen LogP contribution in [0.1, 0.15) is 12.5 Å². The Morgan fingerprint density at radius 1 is 1.25 bits per heavy atom. The van der Waals surface area contributed by atoms with Crippen LogP contribution in [0.5, 0.6) is 11.5 Å². The summed E-state index contributed by atoms with van der Waals surface area (Å²) in [7, 11) is 0. The normalized spacial score (nSPS) is 10.1. The molecular formula is C16H17N3O5. The van der Waals surface area contributed by atoms with Gasteiger partial charge in [-0.2, -0.15) is 0 Å². The lowest BCUT2D eigenvalue weighted by molar-refractivity contribution is -0.385. The molecule has 0 radical (unpaired) electrons. The summed E-state index contributed by atoms with van der Waals surface area (Å²) in [5.74, 6) is 1.11. The summed E-state index contributed by atoms with van der Waals surface area (Å²) >= 11 is 0. The molecule has 2 aromatic rings. The van der Waals surface area contributed by atoms with Crippen molar-refractivity contribution in [2.24, 2.45) is 0 Å². The van der Waals surface area contributed by atoms with Gasteiger partial charge in [-0.3, -0.25) is 14.9 Å². The molecule has 0 aliphatic carbocycles. The molecule has 1 amide bonds. The fourth-order valence-corrected chi connectivity index (χ4v) is 1.91. The molecule has 0 aliphatic rings. The van der Waals surface area contributed by atoms with E-state index in [1.54, 1.807) is 31.2 Å². The maximum Gasteiger partial charge on any atom is 0.287 e. The summed E-state index contributed by atoms with van der Waals surface area (Å²) in [4.78, 5) is 25.9. The molecule has 0 bridgehead atoms. The second kappa shape index (κ2) is 7.91. The van der Waals surface area contributed by atoms with Gasteiger partial charge in [-0.05, 0) is 43.7 Å². The quantitative estimate of drug-likeness (QED) is 0.618. The van der Waals surface area contributed by atoms with Gasteiger partial charge >= 0.3 is 0 Å². The number of benzene rings is 1. The Balaban J connectivity index is 1.90. The number of hydrogen-bond acceptors (Lipinski definition) is 6. The first kappa shape index (κ1) is 17.2. The zero-order valence-corrected chi connectivity index (χ0v) is 13.3. The summed E-state index contributed by atoms with van der Waals surface area (Å²) in [5.41, 5.74) is 0.370. The Morgan fingerprint density at radius 2 is 1.88 bits per heavy atom. The van der Waals surface area contributed by atoms with Crippen LogP contribution in [-0.2, 0) is 4.79 Å². The van der Waals surface area contributed by atoms with Gasteiger partial charge in [0.15, 0.2) is 6.61 Å². The van der Waals surface area contributed by atoms with Gasteiger partial charge in [0.05, 0.1) is 11.5 Å². The maximum absolute atomic E-state index is 11.9. The first-order valence-electron chi connectivity index (χ1n) is 7.26. The van der Waals surface area contributed by atoms with Crippen LogP contribution < -0.4 is 14.8 Å². The highest BCUT2D eigenvalue weighted by Crippen LogP contribution is 2.19. The second-order valence-electron chi connectivity index (χ2n) is 4.86. The third kappa shape index (κ3) is 4.67. The maximum atomic E-state index is 11.9. The minimum atomic E-state index is -0.541. The van der Waals surface area contributed by atoms with Crippen molar-refractivity contribution in [2.45, 2.75) is 13.8 Å². The van der Waals surface area contributed by atoms with Crippen LogP contribution in [0.25, 0.3) is 0 Å². The molecule has 1 aromatic heterocycles. The molecule has 0 saturated carbocycles. The Labute approximate surface area is 138 Å². The van der Waals surface area contributed by atoms with Gasteiger partial charge in [0.25, 0.3) is 11.6 Å². The zero-order valence-electron chi connectivity index (χ0n) is 13.3. The van der Waals surface area contributed by atoms with Crippen molar-refractivity contribution in [3.8, 4) is 11.5 Å². The predicted octanol–water partition coefficient (Wildman–Crippen LogP) is 2.71. The molecule has 0 fully saturated rings. The van der Waals surface area contributed by atoms with E-state index in [1.165, 1.54) is 6.07 Å². The largest absolute Gasteiger partial charge is 0.494 e. The number of nitrogens with one attached hydrogen (secondary N) is 1. The van der Waals surface area contributed by atoms with Gasteiger partial charge in [-0.1, -0.05) is 0 Å². The molecule has 126 valence electrons. The fourth-order valence-electron chi connectivity index (χ4n) is 1.91. The Bertz CT molecular complexity index is 731. The molecule has 0 spiro atoms. The zero-order chi connectivity index (χ0) is 17.5. The van der Waals surface area contributed by atoms with Crippen LogP contribution in [0.2, 0.25) is 0 Å². The van der Waals surface area contributed by atoms with Crippen LogP contribution in [0.4, 0.5) is 11.5 Å². The van der Waals surface area contributed by atoms with Gasteiger partial charge in [0.1, 0.15) is 23.5 Å². The molecule has 8 nitrogen and oxygen atoms in total. The number of nitrogens with zero attached hydrogens (tertiary/aromatic N) is 2. The van der Waals surface area contributed by atoms with Crippen molar-refractivity contribution in [2.75, 3.05) is 18.5 Å². The number of ether oxygens (including phenoxy) is 2. The number of nitro groups is 1. The SMILES string of the molecule is CCOc1ccc(OCC(=O)Nc2ncc([N+](=O)[O-])cc2C)cc1. The molecule has 0 unspecified atom stereocenters. The number of anilines is 1. The van der Waals surface area contributed by atoms with Crippen LogP contribution in [-0.4, -0.2) is 29.0 Å². The van der Waals surface area contributed by atoms with E-state index in [9.17, 15) is 14.9 Å². The summed E-state index contributed by atoms with van der Waals surface area (Å²) in [6, 6.07) is 8.24. The van der Waals surface area contributed by atoms with Crippen molar-refractivity contribution in [3.63, 3.8) is 0 Å². The minimum absolute atomic E-state index is 0.129. The van der Waals surface area contributed by atoms with Crippen molar-refractivity contribution >= 4 is 17.4 Å². The first-order valence-corrected chi connectivity index (χ1v) is 7.26. The van der Waals surface area contributed by atoms with Crippen LogP contribution in [0.3, 0.4) is 0 Å². The number of carbonyl (C=O) groups is 1. The first-order chi connectivity index (χ1) is 11.5. The molecular weight excluding hydrogens is 314 g/mol. The topological polar surface area (TPSA) is 104 Å². The summed E-state index contributed by atoms with van der Waals surface area (Å²) < 4.78 is 10.7. The third-order valence-corrected chi connectivity index (χ3v) is 3.04. The van der Waals surface area contributed by atoms with Gasteiger partial charge in [-0.15, -0.1) is 0 Å². The number of carbonyl (C=O) groups excluding carboxylic acids is 1. The summed E-state index contributed by atoms with van der Waals surface area (Å²) in [5, 5.41) is 13.2. The number of aryl methyl sites for hydroxylation is 1. The van der Waals surface area contributed by atoms with Gasteiger partial charge in [0, 0.05) is 6.07 Å². The van der Waals surface area contributed by atoms with Crippen molar-refractivity contribution < 1.29 is 19.2 Å². The van der Waals surface area contributed by atoms with Gasteiger partial charge < -0.3 is 14.8 Å². The lowest BCUT2D eigenvalue weighted by Gasteiger charge is -2.09. The Morgan fingerprint density at radius 3 is 2.42 bits per heavy atom. The monoisotopic (exact) mass is 331 g/mol. The number of aromatic nitrogens is 1. The fraction of sp³-hybridized carbons (Fsp3) is 0.250. The summed E-state index contributed by atoms with van der Waals surface area (Å²) in [6.45, 7) is 3.89. The molecule has 1 N–H and O–H groups in total. The smallest absolute Gasteiger partial charge is 0.287 e. The molecule has 1 heterocycles. The predicted molar refractivity (Wildman–Crippen MR) is 87.4 cm³/mol. The van der Waals surface area contributed by atoms with Crippen molar-refractivity contribution in [3.05, 3.63) is 52.2 Å². The van der Waals surface area contributed by atoms with Crippen LogP contribution in [0, 0.1) is 17.0 Å². The van der Waals surface area contributed by atoms with E-state index in [1.807, 2.05) is 6.92 Å². The third-order valence-electron chi connectivity index (χ3n) is 3.04. The second-order valence-corrected chi connectivity index (χ2v) is 4.86. The molecule has 2 rings (SSSR count). The number of amides is 1. The average molecular weight is 331 g/mol. The van der Waals surface area contributed by atoms with E-state index in [4.69, 9.17) is 9.47 Å². The minimum Gasteiger partial charge on any atom is -0.494 e. The highest BCUT2D eigenvalue weighted by molar-refractivity contribution is 5.91. The lowest BCUT2D eigenvalue weighted by Crippen LogP contribution is -2.21. The molecule has 8 heteroatoms. The van der Waals surface area contributed by atoms with Crippen molar-refractivity contribution in [1.29, 1.82) is 0 Å². The van der Waals surface area contributed by atoms with Crippen LogP contribution >= 0.6 is 0 Å². The number of rotatable bonds is 7. The van der Waals surface area contributed by atoms with Gasteiger partial charge in [0.2, 0.25) is 0 Å². The number of pyridine rings is 1. The van der Waals surface area contributed by atoms with E-state index >= 15 is 0 Å². The molecule has 0 atom stereocenters. The summed E-state index contributed by atoms with van der Waals surface area (Å²) in [6.07, 6.45) is 1.09. The standard InChI is InChI=1S/C16H17N3O5/c1-3-23-13-4-6-14(7-5-13)24-10-15(20)18-16-11(2)8-12(9-17-16)19(21)22/h4-9H,3,10H2,1-2H3,(H,17,18,20). The Kier molecular flexibility index (Phi) is 5.67. The van der Waals surface area contributed by atoms with E-state index in [0.717, 1.165) is 11.9 Å². The highest BCUT2D eigenvalue weighted by Gasteiger charge is 2.12. The molecule has 1 aromatic carbocycles. The highest BCUT2D eigenvalue weighted by atomic mass is 16.6. The lowest BCUT2D eigenvalue weighted by atomic mass is 10.2. The average Bonchev–Trinajstić information content (AvgIpc) is 2.56. The van der Waals surface area contributed by atoms with Crippen LogP contribution in [0.15, 0.2) is 36.5 Å². The van der Waals surface area contributed by atoms with E-state index in [2.05, 4.69) is 10.3 Å². The van der Waals surface area contributed by atoms with Gasteiger partial charge in [-0.25, -0.2) is 4.98 Å². The Hall–Kier alpha value is -3.16. The van der Waals surface area contributed by atoms with E-state index in [-0.39, 0.29) is 18.1 Å². The number of hydrogen-bond donors (Lipinski definition) is 1. The van der Waals surface area contributed by atoms with Crippen molar-refractivity contribution in [1.82, 2.24) is 4.98 Å². The molecule has 24 heavy (non-hydrogen) atoms. The molecule has 0 aliphatic heterocycles. The van der Waals surface area contributed by atoms with E-state index < -0.39 is 10.8 Å².